The van der Waals surface area contributed by atoms with Gasteiger partial charge in [-0.15, -0.1) is 0 Å². The Bertz CT molecular complexity index is 520. The fourth-order valence-electron chi connectivity index (χ4n) is 2.26. The van der Waals surface area contributed by atoms with Crippen LogP contribution in [0.1, 0.15) is 66.2 Å². The summed E-state index contributed by atoms with van der Waals surface area (Å²) in [6, 6.07) is 0. The third kappa shape index (κ3) is 10.3. The molecule has 0 bridgehead atoms. The maximum Gasteiger partial charge on any atom is 0.349 e. The topological polar surface area (TPSA) is 63.7 Å². The number of carbonyl (C=O) groups is 1. The van der Waals surface area contributed by atoms with Crippen LogP contribution < -0.4 is 0 Å². The van der Waals surface area contributed by atoms with E-state index < -0.39 is 15.8 Å². The van der Waals surface area contributed by atoms with Gasteiger partial charge < -0.3 is 9.64 Å². The van der Waals surface area contributed by atoms with Gasteiger partial charge in [0.05, 0.1) is 12.4 Å². The van der Waals surface area contributed by atoms with Crippen molar-refractivity contribution in [3.63, 3.8) is 0 Å². The summed E-state index contributed by atoms with van der Waals surface area (Å²) in [5.41, 5.74) is 0. The number of sulfone groups is 1. The fraction of sp³-hybridized carbons (Fsp3) is 0.737. The van der Waals surface area contributed by atoms with Crippen LogP contribution in [0.15, 0.2) is 23.3 Å². The highest BCUT2D eigenvalue weighted by atomic mass is 32.2. The van der Waals surface area contributed by atoms with Crippen molar-refractivity contribution in [3.05, 3.63) is 23.3 Å². The molecule has 0 N–H and O–H groups in total. The molecule has 6 heteroatoms. The first-order valence-electron chi connectivity index (χ1n) is 9.45. The van der Waals surface area contributed by atoms with E-state index in [0.29, 0.717) is 0 Å². The summed E-state index contributed by atoms with van der Waals surface area (Å²) in [6.07, 6.45) is 11.2. The lowest BCUT2D eigenvalue weighted by Gasteiger charge is -2.14. The van der Waals surface area contributed by atoms with Gasteiger partial charge in [-0.2, -0.15) is 0 Å². The Morgan fingerprint density at radius 2 is 1.56 bits per heavy atom. The van der Waals surface area contributed by atoms with Crippen LogP contribution in [0.3, 0.4) is 0 Å². The summed E-state index contributed by atoms with van der Waals surface area (Å²) >= 11 is 0. The number of nitrogens with zero attached hydrogens (tertiary/aromatic N) is 1. The van der Waals surface area contributed by atoms with Crippen molar-refractivity contribution in [2.45, 2.75) is 66.2 Å². The third-order valence-electron chi connectivity index (χ3n) is 4.00. The van der Waals surface area contributed by atoms with Crippen molar-refractivity contribution in [2.75, 3.05) is 25.4 Å². The molecule has 0 aromatic heterocycles. The summed E-state index contributed by atoms with van der Waals surface area (Å²) in [5, 5.41) is 0. The second kappa shape index (κ2) is 13.9. The van der Waals surface area contributed by atoms with E-state index in [9.17, 15) is 13.2 Å². The van der Waals surface area contributed by atoms with Gasteiger partial charge in [-0.05, 0) is 38.6 Å². The first kappa shape index (κ1) is 23.7. The van der Waals surface area contributed by atoms with Crippen LogP contribution in [0.25, 0.3) is 0 Å². The minimum atomic E-state index is -3.61. The molecule has 0 atom stereocenters. The lowest BCUT2D eigenvalue weighted by atomic mass is 10.1. The highest BCUT2D eigenvalue weighted by Crippen LogP contribution is 2.12. The Morgan fingerprint density at radius 1 is 0.960 bits per heavy atom. The van der Waals surface area contributed by atoms with Crippen LogP contribution in [0, 0.1) is 0 Å². The van der Waals surface area contributed by atoms with Crippen molar-refractivity contribution < 1.29 is 17.9 Å². The predicted molar refractivity (Wildman–Crippen MR) is 104 cm³/mol. The van der Waals surface area contributed by atoms with Crippen molar-refractivity contribution in [1.82, 2.24) is 4.90 Å². The Hall–Kier alpha value is -1.30. The maximum atomic E-state index is 12.2. The monoisotopic (exact) mass is 373 g/mol. The zero-order chi connectivity index (χ0) is 19.1. The van der Waals surface area contributed by atoms with E-state index in [1.165, 1.54) is 32.3 Å². The molecule has 25 heavy (non-hydrogen) atoms. The average molecular weight is 374 g/mol. The Balaban J connectivity index is 4.70. The van der Waals surface area contributed by atoms with E-state index in [2.05, 4.69) is 6.92 Å². The number of hydrogen-bond donors (Lipinski definition) is 0. The van der Waals surface area contributed by atoms with E-state index >= 15 is 0 Å². The minimum Gasteiger partial charge on any atom is -0.462 e. The van der Waals surface area contributed by atoms with Gasteiger partial charge in [0.25, 0.3) is 0 Å². The zero-order valence-corrected chi connectivity index (χ0v) is 17.1. The van der Waals surface area contributed by atoms with Gasteiger partial charge in [0.1, 0.15) is 0 Å². The molecule has 0 aliphatic heterocycles. The van der Waals surface area contributed by atoms with Crippen molar-refractivity contribution in [3.8, 4) is 0 Å². The largest absolute Gasteiger partial charge is 0.462 e. The van der Waals surface area contributed by atoms with Crippen LogP contribution in [-0.4, -0.2) is 44.7 Å². The Morgan fingerprint density at radius 3 is 2.12 bits per heavy atom. The van der Waals surface area contributed by atoms with Gasteiger partial charge in [-0.3, -0.25) is 0 Å². The molecule has 0 spiro atoms. The molecule has 0 unspecified atom stereocenters. The van der Waals surface area contributed by atoms with Crippen LogP contribution in [0.4, 0.5) is 0 Å². The lowest BCUT2D eigenvalue weighted by Crippen LogP contribution is -2.19. The Labute approximate surface area is 154 Å². The summed E-state index contributed by atoms with van der Waals surface area (Å²) < 4.78 is 29.5. The van der Waals surface area contributed by atoms with Crippen LogP contribution >= 0.6 is 0 Å². The molecule has 146 valence electrons. The van der Waals surface area contributed by atoms with Crippen molar-refractivity contribution >= 4 is 15.8 Å². The normalized spacial score (nSPS) is 12.6. The SMILES string of the molecule is CCCCCCCCOC(=O)C(=CC=CN(CC)CC)S(=O)(=O)CC. The van der Waals surface area contributed by atoms with Crippen molar-refractivity contribution in [2.24, 2.45) is 0 Å². The van der Waals surface area contributed by atoms with Crippen LogP contribution in [0.2, 0.25) is 0 Å². The second-order valence-electron chi connectivity index (χ2n) is 5.90. The van der Waals surface area contributed by atoms with E-state index in [0.717, 1.165) is 32.4 Å². The molecular formula is C19H35NO4S. The molecule has 5 nitrogen and oxygen atoms in total. The zero-order valence-electron chi connectivity index (χ0n) is 16.3. The second-order valence-corrected chi connectivity index (χ2v) is 8.15. The van der Waals surface area contributed by atoms with Crippen molar-refractivity contribution in [1.29, 1.82) is 0 Å². The smallest absolute Gasteiger partial charge is 0.349 e. The van der Waals surface area contributed by atoms with Gasteiger partial charge in [-0.25, -0.2) is 13.2 Å². The molecule has 0 saturated heterocycles. The molecule has 0 saturated carbocycles. The molecule has 0 fully saturated rings. The first-order valence-corrected chi connectivity index (χ1v) is 11.1. The standard InChI is InChI=1S/C19H35NO4S/c1-5-9-10-11-12-13-17-24-19(21)18(25(22,23)8-4)15-14-16-20(6-2)7-3/h14-16H,5-13,17H2,1-4H3. The highest BCUT2D eigenvalue weighted by molar-refractivity contribution is 7.96. The molecule has 0 amide bonds. The summed E-state index contributed by atoms with van der Waals surface area (Å²) in [7, 11) is -3.61. The Kier molecular flexibility index (Phi) is 13.2. The number of allylic oxidation sites excluding steroid dienone is 2. The number of unbranched alkanes of at least 4 members (excludes halogenated alkanes) is 5. The summed E-state index contributed by atoms with van der Waals surface area (Å²) in [4.78, 5) is 13.9. The highest BCUT2D eigenvalue weighted by Gasteiger charge is 2.23. The molecule has 0 rings (SSSR count). The quantitative estimate of drug-likeness (QED) is 0.199. The first-order chi connectivity index (χ1) is 11.9. The number of hydrogen-bond acceptors (Lipinski definition) is 5. The van der Waals surface area contributed by atoms with Gasteiger partial charge in [0.2, 0.25) is 0 Å². The average Bonchev–Trinajstić information content (AvgIpc) is 2.60. The van der Waals surface area contributed by atoms with E-state index in [1.54, 1.807) is 12.3 Å². The summed E-state index contributed by atoms with van der Waals surface area (Å²) in [6.45, 7) is 9.61. The molecule has 0 aliphatic rings. The third-order valence-corrected chi connectivity index (χ3v) is 5.74. The van der Waals surface area contributed by atoms with Crippen LogP contribution in [0.5, 0.6) is 0 Å². The van der Waals surface area contributed by atoms with E-state index in [1.807, 2.05) is 18.7 Å². The molecule has 0 aliphatic carbocycles. The summed E-state index contributed by atoms with van der Waals surface area (Å²) in [5.74, 6) is -0.871. The maximum absolute atomic E-state index is 12.2. The molecule has 0 heterocycles. The molecule has 0 radical (unpaired) electrons. The van der Waals surface area contributed by atoms with Gasteiger partial charge in [0.15, 0.2) is 14.7 Å². The van der Waals surface area contributed by atoms with Gasteiger partial charge in [-0.1, -0.05) is 46.0 Å². The molecule has 0 aromatic carbocycles. The van der Waals surface area contributed by atoms with Gasteiger partial charge >= 0.3 is 5.97 Å². The van der Waals surface area contributed by atoms with E-state index in [4.69, 9.17) is 4.74 Å². The van der Waals surface area contributed by atoms with Crippen LogP contribution in [-0.2, 0) is 19.4 Å². The molecular weight excluding hydrogens is 338 g/mol. The predicted octanol–water partition coefficient (Wildman–Crippen LogP) is 4.06. The van der Waals surface area contributed by atoms with Gasteiger partial charge in [0, 0.05) is 13.1 Å². The fourth-order valence-corrected chi connectivity index (χ4v) is 3.17. The minimum absolute atomic E-state index is 0.121. The lowest BCUT2D eigenvalue weighted by molar-refractivity contribution is -0.138. The van der Waals surface area contributed by atoms with E-state index in [-0.39, 0.29) is 17.3 Å². The molecule has 0 aromatic rings. The number of esters is 1. The number of carbonyl (C=O) groups excluding carboxylic acids is 1. The number of rotatable bonds is 14. The number of ether oxygens (including phenoxy) is 1.